The SMILES string of the molecule is c1ccc(-c2cc3c(cc(-c4c5ccccc5c(-c5ccc6ccccc6c5)c5ccccc45)c4c5ccccc5oc34)o2)cc1. The van der Waals surface area contributed by atoms with Crippen molar-refractivity contribution >= 4 is 65.2 Å². The fourth-order valence-corrected chi connectivity index (χ4v) is 7.41. The Bertz CT molecular complexity index is 2740. The Balaban J connectivity index is 1.36. The molecule has 2 heteroatoms. The van der Waals surface area contributed by atoms with E-state index in [-0.39, 0.29) is 0 Å². The zero-order chi connectivity index (χ0) is 30.2. The van der Waals surface area contributed by atoms with Crippen LogP contribution in [-0.4, -0.2) is 0 Å². The van der Waals surface area contributed by atoms with Crippen molar-refractivity contribution in [2.75, 3.05) is 0 Å². The monoisotopic (exact) mass is 586 g/mol. The van der Waals surface area contributed by atoms with Crippen molar-refractivity contribution in [1.82, 2.24) is 0 Å². The third-order valence-corrected chi connectivity index (χ3v) is 9.44. The number of para-hydroxylation sites is 1. The number of benzene rings is 8. The fourth-order valence-electron chi connectivity index (χ4n) is 7.41. The van der Waals surface area contributed by atoms with Gasteiger partial charge < -0.3 is 8.83 Å². The van der Waals surface area contributed by atoms with E-state index in [1.807, 2.05) is 24.3 Å². The summed E-state index contributed by atoms with van der Waals surface area (Å²) >= 11 is 0. The first-order chi connectivity index (χ1) is 22.8. The number of hydrogen-bond donors (Lipinski definition) is 0. The Hall–Kier alpha value is -6.12. The zero-order valence-electron chi connectivity index (χ0n) is 24.8. The first kappa shape index (κ1) is 25.2. The summed E-state index contributed by atoms with van der Waals surface area (Å²) < 4.78 is 13.3. The van der Waals surface area contributed by atoms with Crippen LogP contribution in [0.25, 0.3) is 98.8 Å². The fraction of sp³-hybridized carbons (Fsp3) is 0. The van der Waals surface area contributed by atoms with Crippen LogP contribution < -0.4 is 0 Å². The molecule has 0 saturated carbocycles. The molecule has 0 aliphatic carbocycles. The average Bonchev–Trinajstić information content (AvgIpc) is 3.73. The highest BCUT2D eigenvalue weighted by Gasteiger charge is 2.23. The summed E-state index contributed by atoms with van der Waals surface area (Å²) in [5.74, 6) is 0.830. The van der Waals surface area contributed by atoms with E-state index >= 15 is 0 Å². The molecule has 0 radical (unpaired) electrons. The molecule has 0 saturated heterocycles. The van der Waals surface area contributed by atoms with Crippen molar-refractivity contribution in [3.8, 4) is 33.6 Å². The summed E-state index contributed by atoms with van der Waals surface area (Å²) in [6, 6.07) is 56.0. The van der Waals surface area contributed by atoms with Crippen molar-refractivity contribution in [3.63, 3.8) is 0 Å². The van der Waals surface area contributed by atoms with Crippen LogP contribution in [0.4, 0.5) is 0 Å². The summed E-state index contributed by atoms with van der Waals surface area (Å²) in [4.78, 5) is 0. The minimum absolute atomic E-state index is 0.812. The first-order valence-corrected chi connectivity index (χ1v) is 15.7. The summed E-state index contributed by atoms with van der Waals surface area (Å²) in [6.07, 6.45) is 0. The maximum atomic E-state index is 6.68. The van der Waals surface area contributed by atoms with Gasteiger partial charge in [-0.2, -0.15) is 0 Å². The largest absolute Gasteiger partial charge is 0.456 e. The molecule has 214 valence electrons. The molecule has 10 aromatic rings. The molecule has 0 aliphatic heterocycles. The average molecular weight is 587 g/mol. The van der Waals surface area contributed by atoms with E-state index in [9.17, 15) is 0 Å². The Labute approximate surface area is 264 Å². The predicted molar refractivity (Wildman–Crippen MR) is 192 cm³/mol. The van der Waals surface area contributed by atoms with Gasteiger partial charge >= 0.3 is 0 Å². The molecule has 0 bridgehead atoms. The summed E-state index contributed by atoms with van der Waals surface area (Å²) in [6.45, 7) is 0. The van der Waals surface area contributed by atoms with Gasteiger partial charge in [-0.25, -0.2) is 0 Å². The molecule has 2 aromatic heterocycles. The zero-order valence-corrected chi connectivity index (χ0v) is 24.8. The van der Waals surface area contributed by atoms with Gasteiger partial charge in [0.15, 0.2) is 0 Å². The van der Waals surface area contributed by atoms with E-state index in [1.165, 1.54) is 49.0 Å². The van der Waals surface area contributed by atoms with E-state index in [0.717, 1.165) is 49.8 Å². The van der Waals surface area contributed by atoms with Crippen LogP contribution in [0.2, 0.25) is 0 Å². The van der Waals surface area contributed by atoms with E-state index in [2.05, 4.69) is 133 Å². The van der Waals surface area contributed by atoms with Crippen molar-refractivity contribution in [1.29, 1.82) is 0 Å². The van der Waals surface area contributed by atoms with E-state index in [4.69, 9.17) is 8.83 Å². The second-order valence-electron chi connectivity index (χ2n) is 12.0. The van der Waals surface area contributed by atoms with Gasteiger partial charge in [0, 0.05) is 16.3 Å². The molecular formula is C44H26O2. The number of hydrogen-bond acceptors (Lipinski definition) is 2. The van der Waals surface area contributed by atoms with Gasteiger partial charge in [0.25, 0.3) is 0 Å². The lowest BCUT2D eigenvalue weighted by Gasteiger charge is -2.18. The van der Waals surface area contributed by atoms with E-state index in [0.29, 0.717) is 0 Å². The topological polar surface area (TPSA) is 26.3 Å². The molecule has 2 heterocycles. The smallest absolute Gasteiger partial charge is 0.147 e. The predicted octanol–water partition coefficient (Wildman–Crippen LogP) is 12.8. The lowest BCUT2D eigenvalue weighted by molar-refractivity contribution is 0.631. The van der Waals surface area contributed by atoms with Crippen LogP contribution in [0.5, 0.6) is 0 Å². The second-order valence-corrected chi connectivity index (χ2v) is 12.0. The minimum Gasteiger partial charge on any atom is -0.456 e. The van der Waals surface area contributed by atoms with Gasteiger partial charge in [-0.15, -0.1) is 0 Å². The lowest BCUT2D eigenvalue weighted by atomic mass is 9.84. The maximum Gasteiger partial charge on any atom is 0.147 e. The molecule has 0 spiro atoms. The van der Waals surface area contributed by atoms with Crippen molar-refractivity contribution in [2.24, 2.45) is 0 Å². The van der Waals surface area contributed by atoms with Crippen LogP contribution in [0.15, 0.2) is 167 Å². The van der Waals surface area contributed by atoms with Gasteiger partial charge in [0.05, 0.1) is 5.39 Å². The first-order valence-electron chi connectivity index (χ1n) is 15.7. The third-order valence-electron chi connectivity index (χ3n) is 9.44. The Morgan fingerprint density at radius 2 is 0.957 bits per heavy atom. The van der Waals surface area contributed by atoms with Crippen LogP contribution in [0, 0.1) is 0 Å². The highest BCUT2D eigenvalue weighted by molar-refractivity contribution is 6.28. The van der Waals surface area contributed by atoms with Gasteiger partial charge in [-0.3, -0.25) is 0 Å². The standard InChI is InChI=1S/C44H26O2/c1-2-13-28(14-3-1)39-25-36-40(45-39)26-37(43-35-20-10-11-21-38(35)46-44(36)43)42-33-18-8-6-16-31(33)41(32-17-7-9-19-34(32)42)30-23-22-27-12-4-5-15-29(27)24-30/h1-26H. The number of furan rings is 2. The van der Waals surface area contributed by atoms with Gasteiger partial charge in [-0.1, -0.05) is 133 Å². The van der Waals surface area contributed by atoms with Gasteiger partial charge in [-0.05, 0) is 78.8 Å². The highest BCUT2D eigenvalue weighted by Crippen LogP contribution is 2.49. The molecular weight excluding hydrogens is 560 g/mol. The summed E-state index contributed by atoms with van der Waals surface area (Å²) in [7, 11) is 0. The highest BCUT2D eigenvalue weighted by atomic mass is 16.3. The van der Waals surface area contributed by atoms with E-state index in [1.54, 1.807) is 0 Å². The van der Waals surface area contributed by atoms with Crippen molar-refractivity contribution in [3.05, 3.63) is 158 Å². The van der Waals surface area contributed by atoms with Crippen LogP contribution in [0.1, 0.15) is 0 Å². The van der Waals surface area contributed by atoms with Crippen molar-refractivity contribution < 1.29 is 8.83 Å². The molecule has 0 unspecified atom stereocenters. The maximum absolute atomic E-state index is 6.68. The van der Waals surface area contributed by atoms with E-state index < -0.39 is 0 Å². The lowest BCUT2D eigenvalue weighted by Crippen LogP contribution is -1.91. The molecule has 0 atom stereocenters. The second kappa shape index (κ2) is 9.69. The van der Waals surface area contributed by atoms with Crippen LogP contribution in [0.3, 0.4) is 0 Å². The Morgan fingerprint density at radius 3 is 1.70 bits per heavy atom. The minimum atomic E-state index is 0.812. The quantitative estimate of drug-likeness (QED) is 0.193. The Morgan fingerprint density at radius 1 is 0.348 bits per heavy atom. The number of fused-ring (bicyclic) bond motifs is 8. The van der Waals surface area contributed by atoms with Gasteiger partial charge in [0.2, 0.25) is 0 Å². The molecule has 8 aromatic carbocycles. The molecule has 0 fully saturated rings. The molecule has 2 nitrogen and oxygen atoms in total. The third kappa shape index (κ3) is 3.65. The molecule has 0 amide bonds. The normalized spacial score (nSPS) is 11.9. The Kier molecular flexibility index (Phi) is 5.31. The summed E-state index contributed by atoms with van der Waals surface area (Å²) in [5, 5.41) is 10.5. The van der Waals surface area contributed by atoms with Crippen LogP contribution in [-0.2, 0) is 0 Å². The molecule has 46 heavy (non-hydrogen) atoms. The van der Waals surface area contributed by atoms with Crippen molar-refractivity contribution in [2.45, 2.75) is 0 Å². The molecule has 10 rings (SSSR count). The molecule has 0 aliphatic rings. The molecule has 0 N–H and O–H groups in total. The summed E-state index contributed by atoms with van der Waals surface area (Å²) in [5.41, 5.74) is 8.34. The van der Waals surface area contributed by atoms with Gasteiger partial charge in [0.1, 0.15) is 22.5 Å². The van der Waals surface area contributed by atoms with Crippen LogP contribution >= 0.6 is 0 Å². The number of rotatable bonds is 3.